The Balaban J connectivity index is 0.000000109. The number of benzene rings is 2. The molecule has 37 heteroatoms. The van der Waals surface area contributed by atoms with Crippen LogP contribution in [-0.4, -0.2) is 165 Å². The van der Waals surface area contributed by atoms with E-state index in [-0.39, 0.29) is 57.5 Å². The minimum absolute atomic E-state index is 0.0167. The van der Waals surface area contributed by atoms with E-state index in [9.17, 15) is 41.9 Å². The number of fused-ring (bicyclic) bond motifs is 6. The number of aromatic nitrogens is 24. The summed E-state index contributed by atoms with van der Waals surface area (Å²) in [6.45, 7) is 10.3. The maximum absolute atomic E-state index is 12.7. The van der Waals surface area contributed by atoms with E-state index in [1.807, 2.05) is 78.9 Å². The monoisotopic (exact) mass is 1770 g/mol. The van der Waals surface area contributed by atoms with E-state index in [1.54, 1.807) is 42.8 Å². The van der Waals surface area contributed by atoms with E-state index in [4.69, 9.17) is 33.9 Å². The summed E-state index contributed by atoms with van der Waals surface area (Å²) in [5.41, 5.74) is 5.04. The Hall–Kier alpha value is -12.1. The molecule has 8 fully saturated rings. The summed E-state index contributed by atoms with van der Waals surface area (Å²) < 4.78 is 71.0. The van der Waals surface area contributed by atoms with Gasteiger partial charge in [0.15, 0.2) is 33.9 Å². The van der Waals surface area contributed by atoms with Crippen molar-refractivity contribution in [2.75, 3.05) is 40.1 Å². The van der Waals surface area contributed by atoms with Gasteiger partial charge in [0.1, 0.15) is 78.8 Å². The Morgan fingerprint density at radius 2 is 0.682 bits per heavy atom. The number of para-hydroxylation sites is 2. The molecule has 0 radical (unpaired) electrons. The van der Waals surface area contributed by atoms with E-state index < -0.39 is 17.7 Å². The molecule has 8 aliphatic rings. The predicted octanol–water partition coefficient (Wildman–Crippen LogP) is 13.9. The molecule has 2 aliphatic heterocycles. The molecule has 34 nitrogen and oxygen atoms in total. The van der Waals surface area contributed by atoms with Crippen molar-refractivity contribution in [3.8, 4) is 11.5 Å². The number of rotatable bonds is 21. The fourth-order valence-electron chi connectivity index (χ4n) is 18.6. The van der Waals surface area contributed by atoms with Crippen LogP contribution in [0.3, 0.4) is 0 Å². The van der Waals surface area contributed by atoms with Crippen LogP contribution in [0.15, 0.2) is 114 Å². The number of nitrogens with zero attached hydrogens (tertiary/aromatic N) is 18. The van der Waals surface area contributed by atoms with Gasteiger partial charge in [-0.05, 0) is 114 Å². The second kappa shape index (κ2) is 39.8. The summed E-state index contributed by atoms with van der Waals surface area (Å²) in [6, 6.07) is 17.4. The van der Waals surface area contributed by atoms with Crippen molar-refractivity contribution in [1.29, 1.82) is 0 Å². The van der Waals surface area contributed by atoms with Crippen molar-refractivity contribution < 1.29 is 32.1 Å². The number of methoxy groups -OCH3 is 1. The quantitative estimate of drug-likeness (QED) is 0.0389. The summed E-state index contributed by atoms with van der Waals surface area (Å²) in [5, 5.41) is 29.4. The van der Waals surface area contributed by atoms with Gasteiger partial charge in [0.2, 0.25) is 0 Å². The molecule has 3 unspecified atom stereocenters. The largest absolute Gasteiger partial charge is 0.496 e. The highest BCUT2D eigenvalue weighted by atomic mass is 19.4. The van der Waals surface area contributed by atoms with Crippen LogP contribution in [0, 0.1) is 23.7 Å². The Morgan fingerprint density at radius 1 is 0.380 bits per heavy atom. The molecule has 6 N–H and O–H groups in total. The topological polar surface area (TPSA) is 418 Å². The van der Waals surface area contributed by atoms with E-state index in [0.717, 1.165) is 148 Å². The molecule has 22 rings (SSSR count). The number of ether oxygens (including phenoxy) is 4. The molecular weight excluding hydrogens is 1660 g/mol. The van der Waals surface area contributed by atoms with Gasteiger partial charge >= 0.3 is 6.18 Å². The first-order valence-electron chi connectivity index (χ1n) is 46.0. The number of H-pyrrole nitrogens is 6. The first-order valence-corrected chi connectivity index (χ1v) is 46.0. The van der Waals surface area contributed by atoms with Crippen LogP contribution < -0.4 is 42.8 Å². The summed E-state index contributed by atoms with van der Waals surface area (Å²) >= 11 is 0. The van der Waals surface area contributed by atoms with Gasteiger partial charge in [-0.25, -0.2) is 58.0 Å². The van der Waals surface area contributed by atoms with Crippen LogP contribution in [0.4, 0.5) is 13.2 Å². The molecular formula is C92H113F3N24O10. The van der Waals surface area contributed by atoms with Gasteiger partial charge in [0.05, 0.1) is 106 Å². The highest BCUT2D eigenvalue weighted by Crippen LogP contribution is 2.38. The average molecular weight is 1770 g/mol. The average Bonchev–Trinajstić information content (AvgIpc) is 1.69. The van der Waals surface area contributed by atoms with Gasteiger partial charge in [-0.2, -0.15) is 43.8 Å². The van der Waals surface area contributed by atoms with Crippen LogP contribution in [0.5, 0.6) is 11.5 Å². The van der Waals surface area contributed by atoms with Gasteiger partial charge < -0.3 is 48.9 Å². The summed E-state index contributed by atoms with van der Waals surface area (Å²) in [7, 11) is 1.65. The van der Waals surface area contributed by atoms with Gasteiger partial charge in [-0.15, -0.1) is 0 Å². The minimum atomic E-state index is -4.33. The van der Waals surface area contributed by atoms with Gasteiger partial charge in [-0.1, -0.05) is 128 Å². The maximum Gasteiger partial charge on any atom is 0.391 e. The number of hydrogen-bond acceptors (Lipinski definition) is 22. The van der Waals surface area contributed by atoms with E-state index in [2.05, 4.69) is 89.3 Å². The summed E-state index contributed by atoms with van der Waals surface area (Å²) in [4.78, 5) is 118. The highest BCUT2D eigenvalue weighted by Gasteiger charge is 2.37. The lowest BCUT2D eigenvalue weighted by Gasteiger charge is -2.24. The van der Waals surface area contributed by atoms with E-state index >= 15 is 0 Å². The van der Waals surface area contributed by atoms with Crippen LogP contribution in [0.25, 0.3) is 66.2 Å². The van der Waals surface area contributed by atoms with Crippen molar-refractivity contribution >= 4 is 66.2 Å². The normalized spacial score (nSPS) is 18.4. The van der Waals surface area contributed by atoms with Crippen LogP contribution in [0.2, 0.25) is 0 Å². The fourth-order valence-corrected chi connectivity index (χ4v) is 18.6. The Morgan fingerprint density at radius 3 is 0.992 bits per heavy atom. The van der Waals surface area contributed by atoms with Crippen LogP contribution in [0.1, 0.15) is 258 Å². The molecule has 6 saturated carbocycles. The fraction of sp³-hybridized carbons (Fsp3) is 0.543. The molecule has 129 heavy (non-hydrogen) atoms. The maximum atomic E-state index is 12.7. The number of nitrogens with one attached hydrogen (secondary N) is 6. The Labute approximate surface area is 738 Å². The van der Waals surface area contributed by atoms with Crippen molar-refractivity contribution in [1.82, 2.24) is 118 Å². The molecule has 682 valence electrons. The van der Waals surface area contributed by atoms with Crippen molar-refractivity contribution in [2.45, 2.75) is 256 Å². The second-order valence-corrected chi connectivity index (χ2v) is 35.9. The summed E-state index contributed by atoms with van der Waals surface area (Å²) in [5.74, 6) is 5.62. The van der Waals surface area contributed by atoms with Gasteiger partial charge in [-0.3, -0.25) is 28.8 Å². The number of alkyl halides is 3. The molecule has 0 spiro atoms. The Kier molecular flexibility index (Phi) is 27.4. The molecule has 3 atom stereocenters. The van der Waals surface area contributed by atoms with Crippen molar-refractivity contribution in [3.63, 3.8) is 0 Å². The molecule has 2 saturated heterocycles. The lowest BCUT2D eigenvalue weighted by atomic mass is 9.83. The third-order valence-electron chi connectivity index (χ3n) is 26.0. The van der Waals surface area contributed by atoms with Crippen LogP contribution in [-0.2, 0) is 48.0 Å². The van der Waals surface area contributed by atoms with E-state index in [1.165, 1.54) is 89.7 Å². The standard InChI is InChI=1S/C19H22N4O2.C18H20N4O2.C15H20N4O.C14H20N4O.C13H15F3N4O2.C13H16N4O2/c1-2-25-16-10-6-3-7-13(16)11-17-21-18-15(19(24)22-17)12-20-23(18)14-8-4-5-9-14;1-24-15-9-5-2-6-12(15)10-16-20-17-14(18(23)21-16)11-19-22(17)13-7-3-4-8-13;20-15-12-9-16-19(11-6-1-2-7-11)14(12)17-13(18-15)8-10-4-3-5-10;1-9(2)7-12-16-13-11(14(19)17-12)8-15-18(13)10-5-3-4-6-10;1-7(13(14,15)16)4-10-18-11-9(12(21)19-10)5-17-20(11)8-2-3-22-6-8;18-13-10-6-14-17(9-3-4-19-7-9)12(10)15-11(16-13)5-8-1-2-8/h3,6-7,10,12,14H,2,4-5,8-9,11H2,1H3,(H,21,22,24);2,5-6,9,11,13H,3-4,7-8,10H2,1H3,(H,20,21,23);9-11H,1-8H2,(H,17,18,20);8-10H,3-7H2,1-2H3,(H,16,17,19);5,7-8H,2-4,6H2,1H3,(H,18,19,21);6,8-9H,1-5,7H2,(H,15,16,18). The third-order valence-corrected chi connectivity index (χ3v) is 26.0. The Bertz CT molecular complexity index is 6490. The zero-order valence-corrected chi connectivity index (χ0v) is 73.7. The van der Waals surface area contributed by atoms with Gasteiger partial charge in [0, 0.05) is 62.9 Å². The molecule has 14 heterocycles. The highest BCUT2D eigenvalue weighted by molar-refractivity contribution is 5.77. The summed E-state index contributed by atoms with van der Waals surface area (Å²) in [6.07, 6.45) is 35.4. The molecule has 0 bridgehead atoms. The molecule has 2 aromatic carbocycles. The van der Waals surface area contributed by atoms with Crippen molar-refractivity contribution in [3.05, 3.63) is 194 Å². The minimum Gasteiger partial charge on any atom is -0.496 e. The molecule has 0 amide bonds. The molecule has 12 aromatic heterocycles. The van der Waals surface area contributed by atoms with Crippen molar-refractivity contribution in [2.24, 2.45) is 23.7 Å². The zero-order chi connectivity index (χ0) is 89.4. The zero-order valence-electron chi connectivity index (χ0n) is 73.7. The lowest BCUT2D eigenvalue weighted by Crippen LogP contribution is -2.24. The number of halogens is 3. The lowest BCUT2D eigenvalue weighted by molar-refractivity contribution is -0.169. The predicted molar refractivity (Wildman–Crippen MR) is 479 cm³/mol. The number of hydrogen-bond donors (Lipinski definition) is 6. The van der Waals surface area contributed by atoms with Gasteiger partial charge in [0.25, 0.3) is 33.4 Å². The van der Waals surface area contributed by atoms with E-state index in [0.29, 0.717) is 142 Å². The molecule has 14 aromatic rings. The number of aromatic amines is 6. The second-order valence-electron chi connectivity index (χ2n) is 35.9. The first-order chi connectivity index (χ1) is 62.6. The smallest absolute Gasteiger partial charge is 0.391 e. The van der Waals surface area contributed by atoms with Crippen LogP contribution >= 0.6 is 0 Å². The SMILES string of the molecule is CC(C)Cc1nc2c(cnn2C2CCCC2)c(=O)[nH]1.CC(Cc1nc2c(cnn2C2CCOC2)c(=O)[nH]1)C(F)(F)F.CCOc1ccccc1Cc1nc2c(cnn2C2CCCC2)c(=O)[nH]1.COc1ccccc1Cc1nc2c(cnn2C2CCCC2)c(=O)[nH]1.O=c1[nH]c(CC2CC2)nc2c1cnn2C1CCOC1.O=c1[nH]c(CC2CCC2)nc2c1cnn2C1CCCC1. The third kappa shape index (κ3) is 20.6. The molecule has 6 aliphatic carbocycles. The first kappa shape index (κ1) is 88.9.